The van der Waals surface area contributed by atoms with E-state index >= 15 is 0 Å². The van der Waals surface area contributed by atoms with Crippen LogP contribution in [-0.4, -0.2) is 40.6 Å². The van der Waals surface area contributed by atoms with E-state index in [2.05, 4.69) is 16.4 Å². The van der Waals surface area contributed by atoms with Gasteiger partial charge in [-0.3, -0.25) is 14.3 Å². The number of nitrogens with zero attached hydrogens (tertiary/aromatic N) is 1. The zero-order valence-corrected chi connectivity index (χ0v) is 16.2. The minimum absolute atomic E-state index is 0.316. The van der Waals surface area contributed by atoms with Crippen LogP contribution in [0.3, 0.4) is 0 Å². The molecule has 0 radical (unpaired) electrons. The number of halogens is 1. The Kier molecular flexibility index (Phi) is 5.15. The number of ether oxygens (including phenoxy) is 1. The molecule has 1 fully saturated rings. The average molecular weight is 368 g/mol. The van der Waals surface area contributed by atoms with Gasteiger partial charge in [-0.25, -0.2) is 9.18 Å². The van der Waals surface area contributed by atoms with Gasteiger partial charge >= 0.3 is 5.69 Å². The van der Waals surface area contributed by atoms with Gasteiger partial charge in [0.1, 0.15) is 20.3 Å². The molecule has 25 heavy (non-hydrogen) atoms. The van der Waals surface area contributed by atoms with Crippen molar-refractivity contribution < 1.29 is 14.2 Å². The van der Waals surface area contributed by atoms with Crippen LogP contribution in [0.5, 0.6) is 0 Å². The molecule has 8 heteroatoms. The molecule has 4 atom stereocenters. The van der Waals surface area contributed by atoms with Crippen LogP contribution in [0.15, 0.2) is 21.9 Å². The topological polar surface area (TPSA) is 84.3 Å². The van der Waals surface area contributed by atoms with E-state index in [0.717, 1.165) is 10.6 Å². The second kappa shape index (κ2) is 6.55. The summed E-state index contributed by atoms with van der Waals surface area (Å²) in [5, 5.41) is 11.3. The summed E-state index contributed by atoms with van der Waals surface area (Å²) < 4.78 is 20.8. The molecule has 0 unspecified atom stereocenters. The third kappa shape index (κ3) is 3.49. The summed E-state index contributed by atoms with van der Waals surface area (Å²) in [6, 6.07) is 1.16. The molecule has 1 aliphatic rings. The molecule has 1 aliphatic heterocycles. The van der Waals surface area contributed by atoms with Gasteiger partial charge in [0.15, 0.2) is 11.8 Å². The molecule has 0 spiro atoms. The van der Waals surface area contributed by atoms with Crippen LogP contribution in [0.25, 0.3) is 0 Å². The van der Waals surface area contributed by atoms with Gasteiger partial charge in [0.2, 0.25) is 0 Å². The number of aromatic amines is 1. The minimum atomic E-state index is -1.84. The fourth-order valence-electron chi connectivity index (χ4n) is 3.00. The standard InChI is InChI=1S/C17H25FN2O4Si/c1-6-16(11-18)12(2)17(23,8-10-25(3,4)5)14(24-16)20-9-7-13(21)19-15(20)22/h7,9,12,14,23H,6,11H2,1-5H3,(H,19,21,22)/t12-,14-,16+,17+/m1/s1. The molecule has 1 saturated heterocycles. The van der Waals surface area contributed by atoms with Gasteiger partial charge in [-0.15, -0.1) is 5.54 Å². The summed E-state index contributed by atoms with van der Waals surface area (Å²) in [6.07, 6.45) is 0.353. The molecule has 0 bridgehead atoms. The van der Waals surface area contributed by atoms with Gasteiger partial charge in [-0.1, -0.05) is 39.4 Å². The fourth-order valence-corrected chi connectivity index (χ4v) is 3.57. The van der Waals surface area contributed by atoms with Crippen molar-refractivity contribution in [2.24, 2.45) is 5.92 Å². The Morgan fingerprint density at radius 2 is 2.08 bits per heavy atom. The highest BCUT2D eigenvalue weighted by Gasteiger charge is 2.61. The van der Waals surface area contributed by atoms with Crippen molar-refractivity contribution >= 4 is 8.07 Å². The van der Waals surface area contributed by atoms with Crippen molar-refractivity contribution in [1.29, 1.82) is 0 Å². The summed E-state index contributed by atoms with van der Waals surface area (Å²) in [5.41, 5.74) is -1.18. The molecule has 2 heterocycles. The summed E-state index contributed by atoms with van der Waals surface area (Å²) in [6.45, 7) is 8.70. The lowest BCUT2D eigenvalue weighted by atomic mass is 9.78. The predicted octanol–water partition coefficient (Wildman–Crippen LogP) is 1.43. The monoisotopic (exact) mass is 368 g/mol. The minimum Gasteiger partial charge on any atom is -0.373 e. The van der Waals surface area contributed by atoms with E-state index in [9.17, 15) is 19.1 Å². The number of H-pyrrole nitrogens is 1. The molecule has 2 rings (SSSR count). The first-order valence-corrected chi connectivity index (χ1v) is 11.8. The SMILES string of the molecule is CC[C@@]1(CF)O[C@@H](n2ccc(=O)[nH]c2=O)[C@](O)(C#C[Si](C)(C)C)[C@@H]1C. The number of hydrogen-bond acceptors (Lipinski definition) is 4. The van der Waals surface area contributed by atoms with Crippen LogP contribution < -0.4 is 11.2 Å². The van der Waals surface area contributed by atoms with E-state index in [-0.39, 0.29) is 0 Å². The number of rotatable bonds is 3. The summed E-state index contributed by atoms with van der Waals surface area (Å²) >= 11 is 0. The van der Waals surface area contributed by atoms with Crippen molar-refractivity contribution in [2.45, 2.75) is 57.3 Å². The van der Waals surface area contributed by atoms with Gasteiger partial charge in [0.05, 0.1) is 0 Å². The third-order valence-electron chi connectivity index (χ3n) is 4.74. The number of alkyl halides is 1. The normalized spacial score (nSPS) is 32.3. The predicted molar refractivity (Wildman–Crippen MR) is 95.7 cm³/mol. The highest BCUT2D eigenvalue weighted by molar-refractivity contribution is 6.83. The summed E-state index contributed by atoms with van der Waals surface area (Å²) in [4.78, 5) is 25.7. The summed E-state index contributed by atoms with van der Waals surface area (Å²) in [7, 11) is -1.84. The number of aliphatic hydroxyl groups is 1. The van der Waals surface area contributed by atoms with Crippen molar-refractivity contribution in [3.05, 3.63) is 33.1 Å². The molecule has 0 amide bonds. The lowest BCUT2D eigenvalue weighted by Crippen LogP contribution is -2.46. The van der Waals surface area contributed by atoms with E-state index in [1.54, 1.807) is 13.8 Å². The maximum atomic E-state index is 13.9. The van der Waals surface area contributed by atoms with Crippen LogP contribution in [0.4, 0.5) is 4.39 Å². The van der Waals surface area contributed by atoms with Crippen LogP contribution >= 0.6 is 0 Å². The Morgan fingerprint density at radius 3 is 2.56 bits per heavy atom. The van der Waals surface area contributed by atoms with Crippen LogP contribution in [0.2, 0.25) is 19.6 Å². The van der Waals surface area contributed by atoms with Gasteiger partial charge in [-0.05, 0) is 6.42 Å². The quantitative estimate of drug-likeness (QED) is 0.624. The lowest BCUT2D eigenvalue weighted by Gasteiger charge is -2.31. The van der Waals surface area contributed by atoms with Crippen molar-refractivity contribution in [3.8, 4) is 11.5 Å². The molecular weight excluding hydrogens is 343 g/mol. The first-order valence-electron chi connectivity index (χ1n) is 8.31. The molecule has 1 aromatic heterocycles. The maximum absolute atomic E-state index is 13.9. The molecule has 0 aromatic carbocycles. The first kappa shape index (κ1) is 19.6. The van der Waals surface area contributed by atoms with Crippen molar-refractivity contribution in [3.63, 3.8) is 0 Å². The van der Waals surface area contributed by atoms with E-state index in [4.69, 9.17) is 4.74 Å². The Morgan fingerprint density at radius 1 is 1.44 bits per heavy atom. The van der Waals surface area contributed by atoms with E-state index in [0.29, 0.717) is 6.42 Å². The van der Waals surface area contributed by atoms with Gasteiger partial charge < -0.3 is 9.84 Å². The summed E-state index contributed by atoms with van der Waals surface area (Å²) in [5.74, 6) is 2.22. The molecule has 2 N–H and O–H groups in total. The number of nitrogens with one attached hydrogen (secondary N) is 1. The van der Waals surface area contributed by atoms with Crippen LogP contribution in [0.1, 0.15) is 26.5 Å². The highest BCUT2D eigenvalue weighted by atomic mass is 28.3. The van der Waals surface area contributed by atoms with E-state index in [1.165, 1.54) is 6.20 Å². The molecule has 138 valence electrons. The van der Waals surface area contributed by atoms with Gasteiger partial charge in [-0.2, -0.15) is 0 Å². The number of aromatic nitrogens is 2. The molecular formula is C17H25FN2O4Si. The largest absolute Gasteiger partial charge is 0.373 e. The van der Waals surface area contributed by atoms with Crippen molar-refractivity contribution in [2.75, 3.05) is 6.67 Å². The Bertz CT molecular complexity index is 813. The molecule has 0 saturated carbocycles. The Hall–Kier alpha value is -1.69. The Balaban J connectivity index is 2.67. The molecule has 6 nitrogen and oxygen atoms in total. The van der Waals surface area contributed by atoms with E-state index in [1.807, 2.05) is 19.6 Å². The maximum Gasteiger partial charge on any atom is 0.330 e. The number of hydrogen-bond donors (Lipinski definition) is 2. The van der Waals surface area contributed by atoms with Crippen LogP contribution in [-0.2, 0) is 4.74 Å². The van der Waals surface area contributed by atoms with Gasteiger partial charge in [0.25, 0.3) is 5.56 Å². The Labute approximate surface area is 147 Å². The fraction of sp³-hybridized carbons (Fsp3) is 0.647. The van der Waals surface area contributed by atoms with Crippen LogP contribution in [0, 0.1) is 17.4 Å². The first-order chi connectivity index (χ1) is 11.5. The van der Waals surface area contributed by atoms with E-state index < -0.39 is 49.3 Å². The second-order valence-electron chi connectivity index (χ2n) is 7.59. The second-order valence-corrected chi connectivity index (χ2v) is 12.3. The highest BCUT2D eigenvalue weighted by Crippen LogP contribution is 2.49. The lowest BCUT2D eigenvalue weighted by molar-refractivity contribution is -0.113. The van der Waals surface area contributed by atoms with Crippen molar-refractivity contribution in [1.82, 2.24) is 9.55 Å². The zero-order chi connectivity index (χ0) is 19.0. The smallest absolute Gasteiger partial charge is 0.330 e. The molecule has 0 aliphatic carbocycles. The third-order valence-corrected chi connectivity index (χ3v) is 5.61. The van der Waals surface area contributed by atoms with Gasteiger partial charge in [0, 0.05) is 18.2 Å². The molecule has 1 aromatic rings. The average Bonchev–Trinajstić information content (AvgIpc) is 2.75. The zero-order valence-electron chi connectivity index (χ0n) is 15.2.